The van der Waals surface area contributed by atoms with Gasteiger partial charge in [0.05, 0.1) is 0 Å². The summed E-state index contributed by atoms with van der Waals surface area (Å²) in [6, 6.07) is 0. The summed E-state index contributed by atoms with van der Waals surface area (Å²) in [6.45, 7) is 15.0. The van der Waals surface area contributed by atoms with Gasteiger partial charge in [0, 0.05) is 32.7 Å². The third-order valence-electron chi connectivity index (χ3n) is 5.29. The van der Waals surface area contributed by atoms with Gasteiger partial charge < -0.3 is 15.1 Å². The molecule has 0 radical (unpaired) electrons. The van der Waals surface area contributed by atoms with E-state index in [1.165, 1.54) is 64.8 Å². The smallest absolute Gasteiger partial charge is 0.193 e. The number of rotatable bonds is 7. The van der Waals surface area contributed by atoms with Crippen LogP contribution in [-0.4, -0.2) is 61.6 Å². The van der Waals surface area contributed by atoms with Gasteiger partial charge in [-0.25, -0.2) is 0 Å². The fraction of sp³-hybridized carbons (Fsp3) is 0.944. The molecule has 4 heteroatoms. The van der Waals surface area contributed by atoms with E-state index in [4.69, 9.17) is 4.99 Å². The van der Waals surface area contributed by atoms with Crippen LogP contribution in [0.25, 0.3) is 0 Å². The van der Waals surface area contributed by atoms with Crippen molar-refractivity contribution in [3.05, 3.63) is 0 Å². The summed E-state index contributed by atoms with van der Waals surface area (Å²) < 4.78 is 0. The maximum absolute atomic E-state index is 4.92. The molecule has 0 bridgehead atoms. The van der Waals surface area contributed by atoms with E-state index in [2.05, 4.69) is 35.9 Å². The van der Waals surface area contributed by atoms with Crippen LogP contribution in [0, 0.1) is 11.8 Å². The molecule has 2 heterocycles. The Morgan fingerprint density at radius 2 is 1.86 bits per heavy atom. The molecule has 0 aromatic rings. The molecule has 22 heavy (non-hydrogen) atoms. The Kier molecular flexibility index (Phi) is 7.50. The zero-order chi connectivity index (χ0) is 15.8. The van der Waals surface area contributed by atoms with Gasteiger partial charge in [-0.3, -0.25) is 4.99 Å². The van der Waals surface area contributed by atoms with E-state index in [0.717, 1.165) is 30.9 Å². The Labute approximate surface area is 137 Å². The van der Waals surface area contributed by atoms with Crippen molar-refractivity contribution in [1.82, 2.24) is 15.1 Å². The van der Waals surface area contributed by atoms with Gasteiger partial charge in [0.1, 0.15) is 0 Å². The Balaban J connectivity index is 1.84. The van der Waals surface area contributed by atoms with Crippen LogP contribution in [0.3, 0.4) is 0 Å². The first-order valence-corrected chi connectivity index (χ1v) is 9.52. The lowest BCUT2D eigenvalue weighted by molar-refractivity contribution is 0.281. The van der Waals surface area contributed by atoms with Gasteiger partial charge in [0.15, 0.2) is 5.96 Å². The van der Waals surface area contributed by atoms with E-state index < -0.39 is 0 Å². The number of aliphatic imine (C=N–C) groups is 1. The first kappa shape index (κ1) is 17.6. The molecule has 0 amide bonds. The lowest BCUT2D eigenvalue weighted by Gasteiger charge is -2.24. The second kappa shape index (κ2) is 9.39. The molecule has 2 fully saturated rings. The zero-order valence-electron chi connectivity index (χ0n) is 15.0. The van der Waals surface area contributed by atoms with Crippen LogP contribution in [0.2, 0.25) is 0 Å². The normalized spacial score (nSPS) is 23.7. The zero-order valence-corrected chi connectivity index (χ0v) is 15.0. The van der Waals surface area contributed by atoms with Crippen molar-refractivity contribution in [2.24, 2.45) is 16.8 Å². The van der Waals surface area contributed by atoms with Crippen LogP contribution in [0.5, 0.6) is 0 Å². The van der Waals surface area contributed by atoms with E-state index >= 15 is 0 Å². The number of hydrogen-bond acceptors (Lipinski definition) is 2. The molecule has 1 unspecified atom stereocenters. The highest BCUT2D eigenvalue weighted by molar-refractivity contribution is 5.80. The third-order valence-corrected chi connectivity index (χ3v) is 5.29. The van der Waals surface area contributed by atoms with Gasteiger partial charge in [0.25, 0.3) is 0 Å². The summed E-state index contributed by atoms with van der Waals surface area (Å²) in [5, 5.41) is 3.50. The predicted octanol–water partition coefficient (Wildman–Crippen LogP) is 2.81. The Morgan fingerprint density at radius 3 is 2.50 bits per heavy atom. The number of hydrogen-bond donors (Lipinski definition) is 1. The van der Waals surface area contributed by atoms with Crippen molar-refractivity contribution >= 4 is 5.96 Å². The average molecular weight is 309 g/mol. The molecule has 1 atom stereocenters. The molecule has 0 aliphatic carbocycles. The fourth-order valence-electron chi connectivity index (χ4n) is 3.69. The summed E-state index contributed by atoms with van der Waals surface area (Å²) in [6.07, 6.45) is 6.59. The average Bonchev–Trinajstić information content (AvgIpc) is 3.19. The maximum Gasteiger partial charge on any atom is 0.193 e. The van der Waals surface area contributed by atoms with Crippen molar-refractivity contribution in [3.8, 4) is 0 Å². The lowest BCUT2D eigenvalue weighted by atomic mass is 10.0. The second-order valence-electron chi connectivity index (χ2n) is 6.99. The summed E-state index contributed by atoms with van der Waals surface area (Å²) >= 11 is 0. The molecule has 128 valence electrons. The van der Waals surface area contributed by atoms with Crippen LogP contribution < -0.4 is 5.32 Å². The lowest BCUT2D eigenvalue weighted by Crippen LogP contribution is -2.41. The van der Waals surface area contributed by atoms with E-state index in [1.807, 2.05) is 0 Å². The van der Waals surface area contributed by atoms with E-state index in [1.54, 1.807) is 0 Å². The van der Waals surface area contributed by atoms with Crippen molar-refractivity contribution < 1.29 is 0 Å². The highest BCUT2D eigenvalue weighted by Gasteiger charge is 2.27. The van der Waals surface area contributed by atoms with Gasteiger partial charge in [-0.2, -0.15) is 0 Å². The highest BCUT2D eigenvalue weighted by Crippen LogP contribution is 2.20. The minimum Gasteiger partial charge on any atom is -0.357 e. The Hall–Kier alpha value is -0.770. The van der Waals surface area contributed by atoms with Gasteiger partial charge in [-0.1, -0.05) is 26.7 Å². The highest BCUT2D eigenvalue weighted by atomic mass is 15.3. The number of guanidine groups is 1. The molecule has 0 saturated carbocycles. The molecular formula is C18H36N4. The van der Waals surface area contributed by atoms with Crippen molar-refractivity contribution in [1.29, 1.82) is 0 Å². The summed E-state index contributed by atoms with van der Waals surface area (Å²) in [5.41, 5.74) is 0. The molecular weight excluding hydrogens is 272 g/mol. The molecule has 0 aromatic heterocycles. The van der Waals surface area contributed by atoms with Crippen molar-refractivity contribution in [2.75, 3.05) is 45.8 Å². The van der Waals surface area contributed by atoms with Crippen molar-refractivity contribution in [2.45, 2.75) is 52.9 Å². The SMILES string of the molecule is CCNC(=NCC(CC)CC)N1CCC(CN2CCCC2)C1. The predicted molar refractivity (Wildman–Crippen MR) is 95.4 cm³/mol. The first-order valence-electron chi connectivity index (χ1n) is 9.52. The molecule has 2 rings (SSSR count). The Morgan fingerprint density at radius 1 is 1.14 bits per heavy atom. The van der Waals surface area contributed by atoms with Crippen molar-refractivity contribution in [3.63, 3.8) is 0 Å². The standard InChI is InChI=1S/C18H36N4/c1-4-16(5-2)13-20-18(19-6-3)22-12-9-17(15-22)14-21-10-7-8-11-21/h16-17H,4-15H2,1-3H3,(H,19,20). The van der Waals surface area contributed by atoms with Gasteiger partial charge >= 0.3 is 0 Å². The summed E-state index contributed by atoms with van der Waals surface area (Å²) in [4.78, 5) is 10.1. The van der Waals surface area contributed by atoms with Crippen LogP contribution in [0.4, 0.5) is 0 Å². The maximum atomic E-state index is 4.92. The van der Waals surface area contributed by atoms with E-state index in [-0.39, 0.29) is 0 Å². The van der Waals surface area contributed by atoms with Gasteiger partial charge in [0.2, 0.25) is 0 Å². The Bertz CT molecular complexity index is 332. The summed E-state index contributed by atoms with van der Waals surface area (Å²) in [7, 11) is 0. The number of nitrogens with zero attached hydrogens (tertiary/aromatic N) is 3. The molecule has 2 aliphatic heterocycles. The van der Waals surface area contributed by atoms with E-state index in [9.17, 15) is 0 Å². The molecule has 1 N–H and O–H groups in total. The van der Waals surface area contributed by atoms with Gasteiger partial charge in [-0.05, 0) is 51.1 Å². The minimum atomic E-state index is 0.733. The molecule has 2 aliphatic rings. The second-order valence-corrected chi connectivity index (χ2v) is 6.99. The topological polar surface area (TPSA) is 30.9 Å². The minimum absolute atomic E-state index is 0.733. The molecule has 2 saturated heterocycles. The molecule has 0 aromatic carbocycles. The monoisotopic (exact) mass is 308 g/mol. The van der Waals surface area contributed by atoms with Crippen LogP contribution in [0.15, 0.2) is 4.99 Å². The van der Waals surface area contributed by atoms with Crippen LogP contribution in [0.1, 0.15) is 52.9 Å². The quantitative estimate of drug-likeness (QED) is 0.579. The largest absolute Gasteiger partial charge is 0.357 e. The molecule has 0 spiro atoms. The summed E-state index contributed by atoms with van der Waals surface area (Å²) in [5.74, 6) is 2.71. The van der Waals surface area contributed by atoms with Gasteiger partial charge in [-0.15, -0.1) is 0 Å². The third kappa shape index (κ3) is 5.15. The first-order chi connectivity index (χ1) is 10.8. The number of likely N-dealkylation sites (tertiary alicyclic amines) is 2. The van der Waals surface area contributed by atoms with Crippen LogP contribution >= 0.6 is 0 Å². The fourth-order valence-corrected chi connectivity index (χ4v) is 3.69. The van der Waals surface area contributed by atoms with Crippen LogP contribution in [-0.2, 0) is 0 Å². The number of nitrogens with one attached hydrogen (secondary N) is 1. The van der Waals surface area contributed by atoms with E-state index in [0.29, 0.717) is 0 Å². The molecule has 4 nitrogen and oxygen atoms in total.